The van der Waals surface area contributed by atoms with Crippen LogP contribution in [0.25, 0.3) is 0 Å². The molecule has 1 aliphatic carbocycles. The minimum absolute atomic E-state index is 0.154. The van der Waals surface area contributed by atoms with E-state index in [1.54, 1.807) is 6.07 Å². The molecule has 2 atom stereocenters. The second kappa shape index (κ2) is 6.13. The number of hydrogen-bond acceptors (Lipinski definition) is 2. The highest BCUT2D eigenvalue weighted by molar-refractivity contribution is 5.31. The molecule has 0 bridgehead atoms. The van der Waals surface area contributed by atoms with Crippen molar-refractivity contribution >= 4 is 0 Å². The van der Waals surface area contributed by atoms with Gasteiger partial charge in [-0.15, -0.1) is 0 Å². The maximum absolute atomic E-state index is 14.2. The van der Waals surface area contributed by atoms with Crippen LogP contribution in [0.1, 0.15) is 39.2 Å². The van der Waals surface area contributed by atoms with Gasteiger partial charge in [0.05, 0.1) is 7.11 Å². The Hall–Kier alpha value is -1.09. The second-order valence-corrected chi connectivity index (χ2v) is 6.87. The molecule has 0 amide bonds. The minimum atomic E-state index is -0.190. The summed E-state index contributed by atoms with van der Waals surface area (Å²) >= 11 is 0. The van der Waals surface area contributed by atoms with E-state index < -0.39 is 0 Å². The van der Waals surface area contributed by atoms with Gasteiger partial charge in [-0.05, 0) is 70.0 Å². The average Bonchev–Trinajstić information content (AvgIpc) is 2.35. The lowest BCUT2D eigenvalue weighted by molar-refractivity contribution is 0.158. The number of rotatable bonds is 5. The Morgan fingerprint density at radius 3 is 2.50 bits per heavy atom. The quantitative estimate of drug-likeness (QED) is 0.885. The van der Waals surface area contributed by atoms with Crippen LogP contribution in [-0.2, 0) is 6.42 Å². The lowest BCUT2D eigenvalue weighted by atomic mass is 9.70. The highest BCUT2D eigenvalue weighted by Gasteiger charge is 2.32. The van der Waals surface area contributed by atoms with Gasteiger partial charge in [-0.2, -0.15) is 0 Å². The molecular formula is C17H26FNO. The first-order valence-corrected chi connectivity index (χ1v) is 7.47. The summed E-state index contributed by atoms with van der Waals surface area (Å²) in [6.07, 6.45) is 3.27. The topological polar surface area (TPSA) is 21.3 Å². The zero-order chi connectivity index (χ0) is 14.8. The number of ether oxygens (including phenoxy) is 1. The molecule has 0 radical (unpaired) electrons. The second-order valence-electron chi connectivity index (χ2n) is 6.87. The molecule has 2 rings (SSSR count). The van der Waals surface area contributed by atoms with E-state index in [0.717, 1.165) is 18.5 Å². The minimum Gasteiger partial charge on any atom is -0.494 e. The molecular weight excluding hydrogens is 253 g/mol. The highest BCUT2D eigenvalue weighted by atomic mass is 19.1. The summed E-state index contributed by atoms with van der Waals surface area (Å²) in [7, 11) is 1.52. The summed E-state index contributed by atoms with van der Waals surface area (Å²) in [5, 5.41) is 3.56. The third kappa shape index (κ3) is 3.72. The van der Waals surface area contributed by atoms with Gasteiger partial charge in [0, 0.05) is 5.54 Å². The van der Waals surface area contributed by atoms with Gasteiger partial charge in [0.15, 0.2) is 11.6 Å². The maximum atomic E-state index is 14.2. The van der Waals surface area contributed by atoms with E-state index in [2.05, 4.69) is 26.1 Å². The molecule has 1 aromatic carbocycles. The Morgan fingerprint density at radius 2 is 1.95 bits per heavy atom. The van der Waals surface area contributed by atoms with Crippen LogP contribution in [0.2, 0.25) is 0 Å². The van der Waals surface area contributed by atoms with Crippen molar-refractivity contribution in [2.45, 2.75) is 45.6 Å². The van der Waals surface area contributed by atoms with Crippen molar-refractivity contribution in [1.82, 2.24) is 5.32 Å². The summed E-state index contributed by atoms with van der Waals surface area (Å²) in [5.41, 5.74) is 0.941. The molecule has 20 heavy (non-hydrogen) atoms. The molecule has 112 valence electrons. The van der Waals surface area contributed by atoms with Gasteiger partial charge in [0.2, 0.25) is 0 Å². The molecule has 1 aromatic rings. The predicted molar refractivity (Wildman–Crippen MR) is 80.6 cm³/mol. The predicted octanol–water partition coefficient (Wildman–Crippen LogP) is 3.79. The number of methoxy groups -OCH3 is 1. The summed E-state index contributed by atoms with van der Waals surface area (Å²) < 4.78 is 19.2. The van der Waals surface area contributed by atoms with E-state index in [0.29, 0.717) is 17.6 Å². The smallest absolute Gasteiger partial charge is 0.168 e. The molecule has 2 unspecified atom stereocenters. The molecule has 1 saturated carbocycles. The number of hydrogen-bond donors (Lipinski definition) is 1. The average molecular weight is 279 g/mol. The van der Waals surface area contributed by atoms with Crippen LogP contribution in [0.5, 0.6) is 5.75 Å². The molecule has 0 saturated heterocycles. The summed E-state index contributed by atoms with van der Waals surface area (Å²) in [5.74, 6) is 1.42. The van der Waals surface area contributed by atoms with Crippen molar-refractivity contribution in [1.29, 1.82) is 0 Å². The lowest BCUT2D eigenvalue weighted by Crippen LogP contribution is -2.44. The van der Waals surface area contributed by atoms with Gasteiger partial charge in [0.1, 0.15) is 0 Å². The number of benzene rings is 1. The van der Waals surface area contributed by atoms with Gasteiger partial charge in [-0.25, -0.2) is 4.39 Å². The van der Waals surface area contributed by atoms with Gasteiger partial charge in [-0.1, -0.05) is 12.1 Å². The molecule has 0 heterocycles. The fraction of sp³-hybridized carbons (Fsp3) is 0.647. The fourth-order valence-electron chi connectivity index (χ4n) is 2.77. The zero-order valence-corrected chi connectivity index (χ0v) is 13.0. The number of halogens is 1. The van der Waals surface area contributed by atoms with Crippen molar-refractivity contribution in [2.24, 2.45) is 11.8 Å². The molecule has 1 aliphatic rings. The SMILES string of the molecule is COc1cccc(CC2CCC2CNC(C)(C)C)c1F. The van der Waals surface area contributed by atoms with Crippen molar-refractivity contribution in [3.05, 3.63) is 29.6 Å². The molecule has 0 aliphatic heterocycles. The number of nitrogens with one attached hydrogen (secondary N) is 1. The maximum Gasteiger partial charge on any atom is 0.168 e. The Morgan fingerprint density at radius 1 is 1.25 bits per heavy atom. The van der Waals surface area contributed by atoms with E-state index in [1.165, 1.54) is 20.0 Å². The van der Waals surface area contributed by atoms with E-state index in [-0.39, 0.29) is 11.4 Å². The molecule has 0 spiro atoms. The van der Waals surface area contributed by atoms with E-state index >= 15 is 0 Å². The fourth-order valence-corrected chi connectivity index (χ4v) is 2.77. The van der Waals surface area contributed by atoms with E-state index in [4.69, 9.17) is 4.74 Å². The van der Waals surface area contributed by atoms with Gasteiger partial charge in [0.25, 0.3) is 0 Å². The normalized spacial score (nSPS) is 22.4. The third-order valence-electron chi connectivity index (χ3n) is 4.21. The largest absolute Gasteiger partial charge is 0.494 e. The van der Waals surface area contributed by atoms with Crippen LogP contribution in [0.3, 0.4) is 0 Å². The molecule has 0 aromatic heterocycles. The van der Waals surface area contributed by atoms with Crippen LogP contribution < -0.4 is 10.1 Å². The molecule has 2 nitrogen and oxygen atoms in total. The Bertz CT molecular complexity index is 453. The van der Waals surface area contributed by atoms with Gasteiger partial charge >= 0.3 is 0 Å². The summed E-state index contributed by atoms with van der Waals surface area (Å²) in [4.78, 5) is 0. The first-order chi connectivity index (χ1) is 9.40. The van der Waals surface area contributed by atoms with E-state index in [9.17, 15) is 4.39 Å². The molecule has 1 fully saturated rings. The highest BCUT2D eigenvalue weighted by Crippen LogP contribution is 2.37. The van der Waals surface area contributed by atoms with Crippen molar-refractivity contribution in [3.8, 4) is 5.75 Å². The summed E-state index contributed by atoms with van der Waals surface area (Å²) in [6, 6.07) is 5.43. The summed E-state index contributed by atoms with van der Waals surface area (Å²) in [6.45, 7) is 7.58. The van der Waals surface area contributed by atoms with Crippen molar-refractivity contribution < 1.29 is 9.13 Å². The van der Waals surface area contributed by atoms with Crippen LogP contribution in [0, 0.1) is 17.7 Å². The van der Waals surface area contributed by atoms with Crippen LogP contribution >= 0.6 is 0 Å². The van der Waals surface area contributed by atoms with Crippen LogP contribution in [0.4, 0.5) is 4.39 Å². The Kier molecular flexibility index (Phi) is 4.69. The molecule has 1 N–H and O–H groups in total. The van der Waals surface area contributed by atoms with Crippen molar-refractivity contribution in [3.63, 3.8) is 0 Å². The monoisotopic (exact) mass is 279 g/mol. The molecule has 3 heteroatoms. The first-order valence-electron chi connectivity index (χ1n) is 7.47. The van der Waals surface area contributed by atoms with Crippen LogP contribution in [-0.4, -0.2) is 19.2 Å². The standard InChI is InChI=1S/C17H26FNO/c1-17(2,3)19-11-14-9-8-12(14)10-13-6-5-7-15(20-4)16(13)18/h5-7,12,14,19H,8-11H2,1-4H3. The Labute approximate surface area is 121 Å². The van der Waals surface area contributed by atoms with E-state index in [1.807, 2.05) is 12.1 Å². The first kappa shape index (κ1) is 15.3. The Balaban J connectivity index is 1.94. The third-order valence-corrected chi connectivity index (χ3v) is 4.21. The van der Waals surface area contributed by atoms with Gasteiger partial charge < -0.3 is 10.1 Å². The zero-order valence-electron chi connectivity index (χ0n) is 13.0. The lowest BCUT2D eigenvalue weighted by Gasteiger charge is -2.39. The van der Waals surface area contributed by atoms with Crippen LogP contribution in [0.15, 0.2) is 18.2 Å². The van der Waals surface area contributed by atoms with Gasteiger partial charge in [-0.3, -0.25) is 0 Å². The van der Waals surface area contributed by atoms with Crippen molar-refractivity contribution in [2.75, 3.05) is 13.7 Å².